The van der Waals surface area contributed by atoms with Crippen LogP contribution < -0.4 is 5.32 Å². The third-order valence-electron chi connectivity index (χ3n) is 3.53. The second-order valence-electron chi connectivity index (χ2n) is 4.81. The van der Waals surface area contributed by atoms with E-state index in [4.69, 9.17) is 5.11 Å². The number of rotatable bonds is 4. The van der Waals surface area contributed by atoms with E-state index >= 15 is 0 Å². The summed E-state index contributed by atoms with van der Waals surface area (Å²) < 4.78 is 0. The minimum absolute atomic E-state index is 0.163. The lowest BCUT2D eigenvalue weighted by Crippen LogP contribution is -2.35. The Morgan fingerprint density at radius 2 is 2.21 bits per heavy atom. The molecule has 2 N–H and O–H groups in total. The Kier molecular flexibility index (Phi) is 4.63. The molecule has 1 aromatic rings. The van der Waals surface area contributed by atoms with Gasteiger partial charge in [0, 0.05) is 17.5 Å². The van der Waals surface area contributed by atoms with Gasteiger partial charge in [0.25, 0.3) is 0 Å². The van der Waals surface area contributed by atoms with Gasteiger partial charge in [-0.15, -0.1) is 0 Å². The normalized spacial score (nSPS) is 23.1. The van der Waals surface area contributed by atoms with E-state index in [0.717, 1.165) is 6.42 Å². The van der Waals surface area contributed by atoms with Crippen molar-refractivity contribution >= 4 is 23.7 Å². The van der Waals surface area contributed by atoms with Gasteiger partial charge >= 0.3 is 5.97 Å². The predicted molar refractivity (Wildman–Crippen MR) is 76.9 cm³/mol. The summed E-state index contributed by atoms with van der Waals surface area (Å²) in [5.74, 6) is -0.447. The number of nitrogens with zero attached hydrogens (tertiary/aromatic N) is 2. The van der Waals surface area contributed by atoms with Gasteiger partial charge in [-0.25, -0.2) is 14.8 Å². The monoisotopic (exact) mass is 281 g/mol. The second kappa shape index (κ2) is 6.23. The molecular weight excluding hydrogens is 262 g/mol. The molecule has 1 aliphatic carbocycles. The zero-order chi connectivity index (χ0) is 13.8. The van der Waals surface area contributed by atoms with E-state index in [0.29, 0.717) is 22.9 Å². The van der Waals surface area contributed by atoms with Crippen LogP contribution in [0.25, 0.3) is 0 Å². The predicted octanol–water partition coefficient (Wildman–Crippen LogP) is 2.57. The van der Waals surface area contributed by atoms with E-state index in [9.17, 15) is 4.79 Å². The molecule has 1 saturated carbocycles. The van der Waals surface area contributed by atoms with E-state index in [-0.39, 0.29) is 5.56 Å². The molecule has 0 amide bonds. The summed E-state index contributed by atoms with van der Waals surface area (Å²) in [6.45, 7) is 1.70. The van der Waals surface area contributed by atoms with Crippen molar-refractivity contribution in [2.45, 2.75) is 43.9 Å². The van der Waals surface area contributed by atoms with Crippen molar-refractivity contribution < 1.29 is 9.90 Å². The molecule has 0 aliphatic heterocycles. The summed E-state index contributed by atoms with van der Waals surface area (Å²) in [7, 11) is 0. The standard InChI is InChI=1S/C13H19N3O2S/c1-8-9(12(17)18)7-14-13(15-8)16-10-5-3-4-6-11(10)19-2/h7,10-11H,3-6H2,1-2H3,(H,17,18)(H,14,15,16). The third kappa shape index (κ3) is 3.37. The van der Waals surface area contributed by atoms with E-state index < -0.39 is 5.97 Å². The largest absolute Gasteiger partial charge is 0.478 e. The molecule has 1 aromatic heterocycles. The van der Waals surface area contributed by atoms with Gasteiger partial charge in [-0.1, -0.05) is 12.8 Å². The third-order valence-corrected chi connectivity index (χ3v) is 4.70. The number of anilines is 1. The van der Waals surface area contributed by atoms with Gasteiger partial charge in [-0.05, 0) is 26.0 Å². The zero-order valence-electron chi connectivity index (χ0n) is 11.2. The number of aromatic nitrogens is 2. The van der Waals surface area contributed by atoms with E-state index in [2.05, 4.69) is 21.5 Å². The smallest absolute Gasteiger partial charge is 0.339 e. The van der Waals surface area contributed by atoms with Crippen LogP contribution in [0.15, 0.2) is 6.20 Å². The Balaban J connectivity index is 2.10. The summed E-state index contributed by atoms with van der Waals surface area (Å²) in [6.07, 6.45) is 8.34. The topological polar surface area (TPSA) is 75.1 Å². The van der Waals surface area contributed by atoms with E-state index in [1.165, 1.54) is 25.5 Å². The molecule has 2 rings (SSSR count). The minimum Gasteiger partial charge on any atom is -0.478 e. The van der Waals surface area contributed by atoms with Gasteiger partial charge in [0.2, 0.25) is 5.95 Å². The Morgan fingerprint density at radius 3 is 2.84 bits per heavy atom. The van der Waals surface area contributed by atoms with Gasteiger partial charge in [0.15, 0.2) is 0 Å². The fourth-order valence-corrected chi connectivity index (χ4v) is 3.39. The van der Waals surface area contributed by atoms with Crippen molar-refractivity contribution in [2.75, 3.05) is 11.6 Å². The van der Waals surface area contributed by atoms with Crippen molar-refractivity contribution in [3.63, 3.8) is 0 Å². The molecule has 2 atom stereocenters. The number of thioether (sulfide) groups is 1. The molecule has 0 radical (unpaired) electrons. The maximum Gasteiger partial charge on any atom is 0.339 e. The van der Waals surface area contributed by atoms with Crippen LogP contribution in [0, 0.1) is 6.92 Å². The summed E-state index contributed by atoms with van der Waals surface area (Å²) in [6, 6.07) is 0.374. The molecule has 0 aromatic carbocycles. The first kappa shape index (κ1) is 14.1. The van der Waals surface area contributed by atoms with Gasteiger partial charge < -0.3 is 10.4 Å². The lowest BCUT2D eigenvalue weighted by Gasteiger charge is -2.30. The first-order chi connectivity index (χ1) is 9.11. The number of carbonyl (C=O) groups is 1. The van der Waals surface area contributed by atoms with Gasteiger partial charge in [0.1, 0.15) is 0 Å². The molecule has 0 spiro atoms. The Hall–Kier alpha value is -1.30. The van der Waals surface area contributed by atoms with Crippen LogP contribution >= 0.6 is 11.8 Å². The van der Waals surface area contributed by atoms with Crippen molar-refractivity contribution in [1.82, 2.24) is 9.97 Å². The molecule has 1 aliphatic rings. The quantitative estimate of drug-likeness (QED) is 0.883. The lowest BCUT2D eigenvalue weighted by molar-refractivity contribution is 0.0695. The van der Waals surface area contributed by atoms with Crippen LogP contribution in [-0.2, 0) is 0 Å². The van der Waals surface area contributed by atoms with E-state index in [1.54, 1.807) is 6.92 Å². The number of aromatic carboxylic acids is 1. The van der Waals surface area contributed by atoms with Gasteiger partial charge in [-0.2, -0.15) is 11.8 Å². The highest BCUT2D eigenvalue weighted by atomic mass is 32.2. The highest BCUT2D eigenvalue weighted by Crippen LogP contribution is 2.28. The van der Waals surface area contributed by atoms with Crippen molar-refractivity contribution in [3.05, 3.63) is 17.5 Å². The zero-order valence-corrected chi connectivity index (χ0v) is 12.0. The molecule has 6 heteroatoms. The molecule has 2 unspecified atom stereocenters. The van der Waals surface area contributed by atoms with Crippen LogP contribution in [0.3, 0.4) is 0 Å². The van der Waals surface area contributed by atoms with Crippen molar-refractivity contribution in [1.29, 1.82) is 0 Å². The molecule has 1 fully saturated rings. The highest BCUT2D eigenvalue weighted by molar-refractivity contribution is 7.99. The fraction of sp³-hybridized carbons (Fsp3) is 0.615. The average molecular weight is 281 g/mol. The molecule has 5 nitrogen and oxygen atoms in total. The molecular formula is C13H19N3O2S. The SMILES string of the molecule is CSC1CCCCC1Nc1ncc(C(=O)O)c(C)n1. The first-order valence-corrected chi connectivity index (χ1v) is 7.77. The maximum absolute atomic E-state index is 10.9. The summed E-state index contributed by atoms with van der Waals surface area (Å²) >= 11 is 1.87. The molecule has 0 saturated heterocycles. The summed E-state index contributed by atoms with van der Waals surface area (Å²) in [4.78, 5) is 19.3. The number of hydrogen-bond acceptors (Lipinski definition) is 5. The van der Waals surface area contributed by atoms with Crippen LogP contribution in [-0.4, -0.2) is 38.6 Å². The lowest BCUT2D eigenvalue weighted by atomic mass is 9.95. The van der Waals surface area contributed by atoms with Crippen LogP contribution in [0.2, 0.25) is 0 Å². The summed E-state index contributed by atoms with van der Waals surface area (Å²) in [5, 5.41) is 12.9. The van der Waals surface area contributed by atoms with E-state index in [1.807, 2.05) is 11.8 Å². The number of hydrogen-bond donors (Lipinski definition) is 2. The van der Waals surface area contributed by atoms with Crippen LogP contribution in [0.1, 0.15) is 41.7 Å². The molecule has 104 valence electrons. The number of aryl methyl sites for hydroxylation is 1. The fourth-order valence-electron chi connectivity index (χ4n) is 2.46. The highest BCUT2D eigenvalue weighted by Gasteiger charge is 2.25. The van der Waals surface area contributed by atoms with Crippen molar-refractivity contribution in [3.8, 4) is 0 Å². The van der Waals surface area contributed by atoms with Crippen LogP contribution in [0.5, 0.6) is 0 Å². The maximum atomic E-state index is 10.9. The minimum atomic E-state index is -0.983. The van der Waals surface area contributed by atoms with Gasteiger partial charge in [0.05, 0.1) is 11.3 Å². The molecule has 1 heterocycles. The number of nitrogens with one attached hydrogen (secondary N) is 1. The average Bonchev–Trinajstić information content (AvgIpc) is 2.39. The molecule has 19 heavy (non-hydrogen) atoms. The Labute approximate surface area is 117 Å². The van der Waals surface area contributed by atoms with Crippen LogP contribution in [0.4, 0.5) is 5.95 Å². The number of carboxylic acids is 1. The summed E-state index contributed by atoms with van der Waals surface area (Å²) in [5.41, 5.74) is 0.664. The van der Waals surface area contributed by atoms with Crippen molar-refractivity contribution in [2.24, 2.45) is 0 Å². The molecule has 0 bridgehead atoms. The Morgan fingerprint density at radius 1 is 1.47 bits per heavy atom. The Bertz CT molecular complexity index is 467. The second-order valence-corrected chi connectivity index (χ2v) is 5.88. The first-order valence-electron chi connectivity index (χ1n) is 6.48. The number of carboxylic acid groups (broad SMARTS) is 1. The van der Waals surface area contributed by atoms with Gasteiger partial charge in [-0.3, -0.25) is 0 Å².